The predicted molar refractivity (Wildman–Crippen MR) is 87.9 cm³/mol. The topological polar surface area (TPSA) is 94.8 Å². The van der Waals surface area contributed by atoms with Crippen molar-refractivity contribution < 1.29 is 28.0 Å². The molecule has 0 aliphatic rings. The number of aromatic nitrogens is 1. The first-order valence-corrected chi connectivity index (χ1v) is 7.97. The molecule has 140 valence electrons. The standard InChI is InChI=1S/C14H18BrF2N3O5/c1-14(2,3)25-13(21)19(8-11(16)17)4-5-24-12-10(20(22)23)6-9(15)7-18-12/h6-7,11H,4-5,8H2,1-3H3. The summed E-state index contributed by atoms with van der Waals surface area (Å²) < 4.78 is 35.9. The highest BCUT2D eigenvalue weighted by Crippen LogP contribution is 2.27. The molecular formula is C14H18BrF2N3O5. The van der Waals surface area contributed by atoms with Gasteiger partial charge in [0.15, 0.2) is 0 Å². The van der Waals surface area contributed by atoms with E-state index >= 15 is 0 Å². The van der Waals surface area contributed by atoms with E-state index < -0.39 is 29.6 Å². The number of carbonyl (C=O) groups is 1. The molecule has 0 radical (unpaired) electrons. The number of pyridine rings is 1. The van der Waals surface area contributed by atoms with Gasteiger partial charge in [0.05, 0.1) is 18.0 Å². The SMILES string of the molecule is CC(C)(C)OC(=O)N(CCOc1ncc(Br)cc1[N+](=O)[O-])CC(F)F. The lowest BCUT2D eigenvalue weighted by Gasteiger charge is -2.27. The number of amides is 1. The number of carbonyl (C=O) groups excluding carboxylic acids is 1. The normalized spacial score (nSPS) is 11.3. The zero-order valence-electron chi connectivity index (χ0n) is 13.9. The molecule has 1 amide bonds. The molecular weight excluding hydrogens is 408 g/mol. The van der Waals surface area contributed by atoms with Gasteiger partial charge in [-0.15, -0.1) is 0 Å². The fourth-order valence-electron chi connectivity index (χ4n) is 1.66. The first-order valence-electron chi connectivity index (χ1n) is 7.18. The van der Waals surface area contributed by atoms with Crippen molar-refractivity contribution in [2.45, 2.75) is 32.8 Å². The largest absolute Gasteiger partial charge is 0.471 e. The molecule has 25 heavy (non-hydrogen) atoms. The van der Waals surface area contributed by atoms with Gasteiger partial charge in [0.2, 0.25) is 0 Å². The highest BCUT2D eigenvalue weighted by molar-refractivity contribution is 9.10. The minimum absolute atomic E-state index is 0.242. The van der Waals surface area contributed by atoms with Crippen molar-refractivity contribution in [3.8, 4) is 5.88 Å². The van der Waals surface area contributed by atoms with Gasteiger partial charge in [-0.25, -0.2) is 18.6 Å². The lowest BCUT2D eigenvalue weighted by Crippen LogP contribution is -2.41. The van der Waals surface area contributed by atoms with Crippen molar-refractivity contribution in [3.63, 3.8) is 0 Å². The number of hydrogen-bond acceptors (Lipinski definition) is 6. The maximum absolute atomic E-state index is 12.6. The van der Waals surface area contributed by atoms with E-state index in [1.165, 1.54) is 12.3 Å². The van der Waals surface area contributed by atoms with Crippen LogP contribution in [-0.4, -0.2) is 52.6 Å². The van der Waals surface area contributed by atoms with Crippen LogP contribution in [0.1, 0.15) is 20.8 Å². The second kappa shape index (κ2) is 8.88. The average Bonchev–Trinajstić information content (AvgIpc) is 2.45. The van der Waals surface area contributed by atoms with Crippen LogP contribution in [-0.2, 0) is 4.74 Å². The molecule has 0 aromatic carbocycles. The summed E-state index contributed by atoms with van der Waals surface area (Å²) in [5.41, 5.74) is -1.23. The van der Waals surface area contributed by atoms with Crippen LogP contribution >= 0.6 is 15.9 Å². The molecule has 0 saturated heterocycles. The number of rotatable bonds is 7. The summed E-state index contributed by atoms with van der Waals surface area (Å²) in [5, 5.41) is 11.0. The first-order chi connectivity index (χ1) is 11.5. The molecule has 1 aromatic rings. The summed E-state index contributed by atoms with van der Waals surface area (Å²) in [6, 6.07) is 1.20. The number of nitrogens with zero attached hydrogens (tertiary/aromatic N) is 3. The third kappa shape index (κ3) is 7.59. The molecule has 0 atom stereocenters. The summed E-state index contributed by atoms with van der Waals surface area (Å²) in [6.45, 7) is 3.48. The van der Waals surface area contributed by atoms with Crippen LogP contribution in [0, 0.1) is 10.1 Å². The third-order valence-corrected chi connectivity index (χ3v) is 3.04. The van der Waals surface area contributed by atoms with Crippen LogP contribution in [0.2, 0.25) is 0 Å². The maximum Gasteiger partial charge on any atom is 0.410 e. The summed E-state index contributed by atoms with van der Waals surface area (Å²) in [6.07, 6.45) is -2.38. The van der Waals surface area contributed by atoms with E-state index in [1.807, 2.05) is 0 Å². The van der Waals surface area contributed by atoms with Crippen LogP contribution in [0.5, 0.6) is 5.88 Å². The predicted octanol–water partition coefficient (Wildman–Crippen LogP) is 3.63. The molecule has 0 bridgehead atoms. The summed E-state index contributed by atoms with van der Waals surface area (Å²) >= 11 is 3.05. The van der Waals surface area contributed by atoms with Gasteiger partial charge in [0.25, 0.3) is 12.3 Å². The molecule has 0 spiro atoms. The number of alkyl halides is 2. The van der Waals surface area contributed by atoms with Crippen molar-refractivity contribution >= 4 is 27.7 Å². The van der Waals surface area contributed by atoms with Crippen LogP contribution in [0.25, 0.3) is 0 Å². The fraction of sp³-hybridized carbons (Fsp3) is 0.571. The Balaban J connectivity index is 2.75. The van der Waals surface area contributed by atoms with Crippen molar-refractivity contribution in [1.82, 2.24) is 9.88 Å². The average molecular weight is 426 g/mol. The van der Waals surface area contributed by atoms with Gasteiger partial charge in [-0.3, -0.25) is 15.0 Å². The number of ether oxygens (including phenoxy) is 2. The molecule has 0 N–H and O–H groups in total. The number of nitro groups is 1. The van der Waals surface area contributed by atoms with Crippen LogP contribution in [0.4, 0.5) is 19.3 Å². The molecule has 0 fully saturated rings. The fourth-order valence-corrected chi connectivity index (χ4v) is 1.98. The van der Waals surface area contributed by atoms with Gasteiger partial charge in [0.1, 0.15) is 12.2 Å². The van der Waals surface area contributed by atoms with Crippen molar-refractivity contribution in [3.05, 3.63) is 26.9 Å². The van der Waals surface area contributed by atoms with Crippen LogP contribution in [0.3, 0.4) is 0 Å². The smallest absolute Gasteiger partial charge is 0.410 e. The summed E-state index contributed by atoms with van der Waals surface area (Å²) in [5.74, 6) is -0.269. The lowest BCUT2D eigenvalue weighted by atomic mass is 10.2. The first kappa shape index (κ1) is 21.0. The van der Waals surface area contributed by atoms with Gasteiger partial charge in [-0.1, -0.05) is 0 Å². The van der Waals surface area contributed by atoms with Gasteiger partial charge in [-0.05, 0) is 36.7 Å². The lowest BCUT2D eigenvalue weighted by molar-refractivity contribution is -0.386. The van der Waals surface area contributed by atoms with Gasteiger partial charge >= 0.3 is 11.8 Å². The number of hydrogen-bond donors (Lipinski definition) is 0. The molecule has 1 aromatic heterocycles. The molecule has 0 aliphatic carbocycles. The minimum Gasteiger partial charge on any atom is -0.471 e. The second-order valence-corrected chi connectivity index (χ2v) is 6.82. The zero-order chi connectivity index (χ0) is 19.2. The van der Waals surface area contributed by atoms with E-state index in [4.69, 9.17) is 9.47 Å². The Hall–Kier alpha value is -2.04. The molecule has 0 aliphatic heterocycles. The minimum atomic E-state index is -2.76. The number of halogens is 3. The van der Waals surface area contributed by atoms with Crippen molar-refractivity contribution in [1.29, 1.82) is 0 Å². The van der Waals surface area contributed by atoms with Crippen LogP contribution < -0.4 is 4.74 Å². The highest BCUT2D eigenvalue weighted by atomic mass is 79.9. The van der Waals surface area contributed by atoms with Gasteiger partial charge in [0, 0.05) is 16.7 Å². The van der Waals surface area contributed by atoms with E-state index in [9.17, 15) is 23.7 Å². The van der Waals surface area contributed by atoms with E-state index in [2.05, 4.69) is 20.9 Å². The van der Waals surface area contributed by atoms with E-state index in [-0.39, 0.29) is 24.7 Å². The summed E-state index contributed by atoms with van der Waals surface area (Å²) in [7, 11) is 0. The summed E-state index contributed by atoms with van der Waals surface area (Å²) in [4.78, 5) is 26.8. The van der Waals surface area contributed by atoms with E-state index in [0.717, 1.165) is 4.90 Å². The Morgan fingerprint density at radius 2 is 2.12 bits per heavy atom. The Morgan fingerprint density at radius 3 is 2.64 bits per heavy atom. The second-order valence-electron chi connectivity index (χ2n) is 5.90. The van der Waals surface area contributed by atoms with E-state index in [0.29, 0.717) is 4.47 Å². The van der Waals surface area contributed by atoms with Gasteiger partial charge in [-0.2, -0.15) is 0 Å². The molecule has 1 rings (SSSR count). The van der Waals surface area contributed by atoms with Crippen molar-refractivity contribution in [2.75, 3.05) is 19.7 Å². The monoisotopic (exact) mass is 425 g/mol. The maximum atomic E-state index is 12.6. The third-order valence-electron chi connectivity index (χ3n) is 2.61. The van der Waals surface area contributed by atoms with Gasteiger partial charge < -0.3 is 9.47 Å². The molecule has 1 heterocycles. The molecule has 8 nitrogen and oxygen atoms in total. The molecule has 0 saturated carbocycles. The Bertz CT molecular complexity index is 625. The zero-order valence-corrected chi connectivity index (χ0v) is 15.5. The molecule has 0 unspecified atom stereocenters. The molecule has 11 heteroatoms. The Kier molecular flexibility index (Phi) is 7.46. The Labute approximate surface area is 151 Å². The highest BCUT2D eigenvalue weighted by Gasteiger charge is 2.25. The van der Waals surface area contributed by atoms with Crippen LogP contribution in [0.15, 0.2) is 16.7 Å². The quantitative estimate of drug-likeness (QED) is 0.488. The van der Waals surface area contributed by atoms with E-state index in [1.54, 1.807) is 20.8 Å². The Morgan fingerprint density at radius 1 is 1.48 bits per heavy atom. The van der Waals surface area contributed by atoms with Crippen molar-refractivity contribution in [2.24, 2.45) is 0 Å².